The van der Waals surface area contributed by atoms with Crippen LogP contribution in [0.2, 0.25) is 0 Å². The van der Waals surface area contributed by atoms with E-state index in [1.54, 1.807) is 18.2 Å². The normalized spacial score (nSPS) is 11.4. The molecule has 2 aromatic carbocycles. The molecular formula is C21H24FN5OS. The number of aromatic nitrogens is 3. The summed E-state index contributed by atoms with van der Waals surface area (Å²) in [5.41, 5.74) is 2.56. The Balaban J connectivity index is 1.59. The van der Waals surface area contributed by atoms with E-state index in [9.17, 15) is 9.18 Å². The van der Waals surface area contributed by atoms with E-state index in [1.807, 2.05) is 24.3 Å². The maximum atomic E-state index is 13.6. The van der Waals surface area contributed by atoms with E-state index < -0.39 is 0 Å². The highest BCUT2D eigenvalue weighted by molar-refractivity contribution is 7.99. The van der Waals surface area contributed by atoms with Crippen molar-refractivity contribution in [2.45, 2.75) is 37.9 Å². The number of nitrogens with zero attached hydrogens (tertiary/aromatic N) is 3. The van der Waals surface area contributed by atoms with Crippen LogP contribution in [-0.2, 0) is 16.8 Å². The number of amides is 1. The van der Waals surface area contributed by atoms with Gasteiger partial charge in [0.1, 0.15) is 5.82 Å². The first-order valence-corrected chi connectivity index (χ1v) is 10.2. The number of hydrogen-bond donors (Lipinski definition) is 2. The number of carbonyl (C=O) groups excluding carboxylic acids is 1. The number of nitrogens with two attached hydrogens (primary N) is 1. The molecule has 1 amide bonds. The van der Waals surface area contributed by atoms with E-state index >= 15 is 0 Å². The third kappa shape index (κ3) is 5.14. The minimum absolute atomic E-state index is 0.0615. The van der Waals surface area contributed by atoms with Crippen molar-refractivity contribution in [2.75, 3.05) is 11.6 Å². The second-order valence-electron chi connectivity index (χ2n) is 7.66. The number of rotatable bonds is 6. The van der Waals surface area contributed by atoms with Gasteiger partial charge in [-0.1, -0.05) is 75.0 Å². The molecule has 0 aliphatic heterocycles. The largest absolute Gasteiger partial charge is 0.351 e. The molecule has 0 spiro atoms. The molecule has 3 rings (SSSR count). The second-order valence-corrected chi connectivity index (χ2v) is 8.60. The molecule has 0 unspecified atom stereocenters. The lowest BCUT2D eigenvalue weighted by atomic mass is 9.87. The molecule has 0 radical (unpaired) electrons. The summed E-state index contributed by atoms with van der Waals surface area (Å²) in [6.45, 7) is 6.59. The maximum Gasteiger partial charge on any atom is 0.230 e. The highest BCUT2D eigenvalue weighted by Crippen LogP contribution is 2.26. The zero-order valence-electron chi connectivity index (χ0n) is 16.6. The average molecular weight is 414 g/mol. The van der Waals surface area contributed by atoms with Crippen LogP contribution in [0.25, 0.3) is 11.4 Å². The summed E-state index contributed by atoms with van der Waals surface area (Å²) in [6.07, 6.45) is 0. The van der Waals surface area contributed by atoms with Crippen LogP contribution < -0.4 is 11.2 Å². The molecule has 0 saturated heterocycles. The van der Waals surface area contributed by atoms with Gasteiger partial charge in [0.2, 0.25) is 11.1 Å². The van der Waals surface area contributed by atoms with Crippen molar-refractivity contribution >= 4 is 17.7 Å². The molecule has 0 bridgehead atoms. The molecule has 1 aromatic heterocycles. The van der Waals surface area contributed by atoms with Gasteiger partial charge in [-0.15, -0.1) is 10.2 Å². The first-order chi connectivity index (χ1) is 13.8. The molecule has 29 heavy (non-hydrogen) atoms. The molecule has 0 aliphatic rings. The molecular weight excluding hydrogens is 389 g/mol. The topological polar surface area (TPSA) is 85.8 Å². The third-order valence-electron chi connectivity index (χ3n) is 4.44. The third-order valence-corrected chi connectivity index (χ3v) is 5.38. The Morgan fingerprint density at radius 3 is 2.48 bits per heavy atom. The molecule has 0 atom stereocenters. The van der Waals surface area contributed by atoms with Crippen LogP contribution in [0.3, 0.4) is 0 Å². The predicted octanol–water partition coefficient (Wildman–Crippen LogP) is 3.50. The van der Waals surface area contributed by atoms with E-state index in [0.717, 1.165) is 5.56 Å². The standard InChI is InChI=1S/C21H24FN5OS/c1-21(2,3)16-10-8-14(9-11-16)19-25-26-20(27(19)23)29-13-18(28)24-12-15-6-4-5-7-17(15)22/h4-11H,12-13,23H2,1-3H3,(H,24,28). The molecule has 3 N–H and O–H groups in total. The zero-order chi connectivity index (χ0) is 21.0. The van der Waals surface area contributed by atoms with Crippen LogP contribution in [0, 0.1) is 5.82 Å². The van der Waals surface area contributed by atoms with E-state index in [2.05, 4.69) is 36.3 Å². The van der Waals surface area contributed by atoms with Crippen molar-refractivity contribution in [3.63, 3.8) is 0 Å². The average Bonchev–Trinajstić information content (AvgIpc) is 3.05. The summed E-state index contributed by atoms with van der Waals surface area (Å²) >= 11 is 1.18. The van der Waals surface area contributed by atoms with Gasteiger partial charge in [-0.3, -0.25) is 4.79 Å². The van der Waals surface area contributed by atoms with Crippen LogP contribution in [0.1, 0.15) is 31.9 Å². The Kier molecular flexibility index (Phi) is 6.22. The Morgan fingerprint density at radius 1 is 1.14 bits per heavy atom. The first-order valence-electron chi connectivity index (χ1n) is 9.20. The number of carbonyl (C=O) groups is 1. The van der Waals surface area contributed by atoms with Crippen LogP contribution >= 0.6 is 11.8 Å². The van der Waals surface area contributed by atoms with Gasteiger partial charge in [0, 0.05) is 17.7 Å². The summed E-state index contributed by atoms with van der Waals surface area (Å²) in [4.78, 5) is 12.1. The molecule has 0 saturated carbocycles. The van der Waals surface area contributed by atoms with E-state index in [-0.39, 0.29) is 29.4 Å². The van der Waals surface area contributed by atoms with Crippen molar-refractivity contribution in [1.29, 1.82) is 0 Å². The monoisotopic (exact) mass is 413 g/mol. The minimum Gasteiger partial charge on any atom is -0.351 e. The van der Waals surface area contributed by atoms with Gasteiger partial charge in [-0.2, -0.15) is 0 Å². The van der Waals surface area contributed by atoms with Crippen molar-refractivity contribution in [1.82, 2.24) is 20.2 Å². The Bertz CT molecular complexity index is 995. The quantitative estimate of drug-likeness (QED) is 0.477. The lowest BCUT2D eigenvalue weighted by Gasteiger charge is -2.19. The van der Waals surface area contributed by atoms with Crippen LogP contribution in [0.15, 0.2) is 53.7 Å². The SMILES string of the molecule is CC(C)(C)c1ccc(-c2nnc(SCC(=O)NCc3ccccc3F)n2N)cc1. The predicted molar refractivity (Wildman–Crippen MR) is 113 cm³/mol. The number of nitrogen functional groups attached to an aromatic ring is 1. The summed E-state index contributed by atoms with van der Waals surface area (Å²) in [5, 5.41) is 11.3. The fourth-order valence-corrected chi connectivity index (χ4v) is 3.39. The first kappa shape index (κ1) is 20.9. The zero-order valence-corrected chi connectivity index (χ0v) is 17.5. The highest BCUT2D eigenvalue weighted by Gasteiger charge is 2.16. The van der Waals surface area contributed by atoms with Crippen molar-refractivity contribution in [3.8, 4) is 11.4 Å². The summed E-state index contributed by atoms with van der Waals surface area (Å²) < 4.78 is 15.0. The highest BCUT2D eigenvalue weighted by atomic mass is 32.2. The Labute approximate surface area is 173 Å². The van der Waals surface area contributed by atoms with E-state index in [4.69, 9.17) is 5.84 Å². The molecule has 6 nitrogen and oxygen atoms in total. The van der Waals surface area contributed by atoms with Crippen molar-refractivity contribution in [2.24, 2.45) is 0 Å². The Hall–Kier alpha value is -2.87. The van der Waals surface area contributed by atoms with E-state index in [0.29, 0.717) is 16.5 Å². The van der Waals surface area contributed by atoms with Gasteiger partial charge < -0.3 is 11.2 Å². The maximum absolute atomic E-state index is 13.6. The minimum atomic E-state index is -0.343. The van der Waals surface area contributed by atoms with Gasteiger partial charge in [0.25, 0.3) is 0 Å². The fraction of sp³-hybridized carbons (Fsp3) is 0.286. The van der Waals surface area contributed by atoms with Gasteiger partial charge in [-0.25, -0.2) is 9.07 Å². The summed E-state index contributed by atoms with van der Waals surface area (Å²) in [6, 6.07) is 14.4. The van der Waals surface area contributed by atoms with Gasteiger partial charge >= 0.3 is 0 Å². The molecule has 152 valence electrons. The second kappa shape index (κ2) is 8.65. The lowest BCUT2D eigenvalue weighted by Crippen LogP contribution is -2.25. The van der Waals surface area contributed by atoms with Crippen molar-refractivity contribution < 1.29 is 9.18 Å². The molecule has 8 heteroatoms. The molecule has 0 fully saturated rings. The summed E-state index contributed by atoms with van der Waals surface area (Å²) in [7, 11) is 0. The molecule has 3 aromatic rings. The summed E-state index contributed by atoms with van der Waals surface area (Å²) in [5.74, 6) is 6.17. The van der Waals surface area contributed by atoms with Crippen LogP contribution in [-0.4, -0.2) is 26.5 Å². The van der Waals surface area contributed by atoms with Gasteiger partial charge in [0.05, 0.1) is 5.75 Å². The van der Waals surface area contributed by atoms with Gasteiger partial charge in [-0.05, 0) is 17.0 Å². The van der Waals surface area contributed by atoms with Crippen LogP contribution in [0.4, 0.5) is 4.39 Å². The number of halogens is 1. The molecule has 1 heterocycles. The number of nitrogens with one attached hydrogen (secondary N) is 1. The van der Waals surface area contributed by atoms with Crippen molar-refractivity contribution in [3.05, 3.63) is 65.5 Å². The van der Waals surface area contributed by atoms with Gasteiger partial charge in [0.15, 0.2) is 5.82 Å². The smallest absolute Gasteiger partial charge is 0.230 e. The number of hydrogen-bond acceptors (Lipinski definition) is 5. The lowest BCUT2D eigenvalue weighted by molar-refractivity contribution is -0.118. The number of thioether (sulfide) groups is 1. The molecule has 0 aliphatic carbocycles. The Morgan fingerprint density at radius 2 is 1.83 bits per heavy atom. The number of benzene rings is 2. The van der Waals surface area contributed by atoms with Crippen LogP contribution in [0.5, 0.6) is 0 Å². The fourth-order valence-electron chi connectivity index (χ4n) is 2.71. The van der Waals surface area contributed by atoms with E-state index in [1.165, 1.54) is 28.1 Å².